The number of aryl methyl sites for hydroxylation is 1. The van der Waals surface area contributed by atoms with Gasteiger partial charge in [-0.2, -0.15) is 0 Å². The molecule has 1 rings (SSSR count). The first-order valence-electron chi connectivity index (χ1n) is 9.21. The van der Waals surface area contributed by atoms with Gasteiger partial charge in [0.15, 0.2) is 6.29 Å². The quantitative estimate of drug-likeness (QED) is 0.363. The van der Waals surface area contributed by atoms with Crippen molar-refractivity contribution in [2.45, 2.75) is 84.2 Å². The molecule has 0 heterocycles. The van der Waals surface area contributed by atoms with E-state index in [4.69, 9.17) is 0 Å². The molecule has 1 unspecified atom stereocenters. The average molecular weight is 336 g/mol. The molecule has 0 aliphatic heterocycles. The highest BCUT2D eigenvalue weighted by Gasteiger charge is 2.21. The van der Waals surface area contributed by atoms with Crippen LogP contribution >= 0.6 is 0 Å². The number of unbranched alkanes of at least 4 members (excludes halogenated alkanes) is 8. The van der Waals surface area contributed by atoms with E-state index in [2.05, 4.69) is 6.92 Å². The normalized spacial score (nSPS) is 12.3. The van der Waals surface area contributed by atoms with Crippen molar-refractivity contribution >= 4 is 6.29 Å². The number of carbonyl (C=O) groups excluding carboxylic acids is 1. The molecule has 4 nitrogen and oxygen atoms in total. The van der Waals surface area contributed by atoms with E-state index >= 15 is 0 Å². The zero-order chi connectivity index (χ0) is 17.9. The first-order chi connectivity index (χ1) is 11.5. The second-order valence-electron chi connectivity index (χ2n) is 6.64. The van der Waals surface area contributed by atoms with Crippen molar-refractivity contribution in [2.75, 3.05) is 0 Å². The van der Waals surface area contributed by atoms with Crippen molar-refractivity contribution in [1.29, 1.82) is 0 Å². The Kier molecular flexibility index (Phi) is 9.46. The van der Waals surface area contributed by atoms with Crippen molar-refractivity contribution < 1.29 is 20.1 Å². The Hall–Kier alpha value is -1.55. The Balaban J connectivity index is 2.38. The summed E-state index contributed by atoms with van der Waals surface area (Å²) in [6, 6.07) is 1.41. The molecular weight excluding hydrogens is 304 g/mol. The molecule has 0 bridgehead atoms. The summed E-state index contributed by atoms with van der Waals surface area (Å²) < 4.78 is 0. The molecule has 0 fully saturated rings. The van der Waals surface area contributed by atoms with Crippen LogP contribution in [0.2, 0.25) is 0 Å². The molecule has 1 atom stereocenters. The minimum Gasteiger partial charge on any atom is -0.507 e. The number of hydrogen-bond acceptors (Lipinski definition) is 4. The third-order valence-corrected chi connectivity index (χ3v) is 4.60. The van der Waals surface area contributed by atoms with Gasteiger partial charge in [-0.1, -0.05) is 64.7 Å². The monoisotopic (exact) mass is 336 g/mol. The van der Waals surface area contributed by atoms with E-state index in [9.17, 15) is 20.1 Å². The highest BCUT2D eigenvalue weighted by atomic mass is 16.3. The number of rotatable bonds is 12. The van der Waals surface area contributed by atoms with E-state index in [0.29, 0.717) is 18.3 Å². The molecule has 0 spiro atoms. The second kappa shape index (κ2) is 11.1. The molecule has 0 amide bonds. The number of benzene rings is 1. The fourth-order valence-electron chi connectivity index (χ4n) is 3.08. The van der Waals surface area contributed by atoms with Gasteiger partial charge in [0.2, 0.25) is 0 Å². The minimum absolute atomic E-state index is 0.0715. The summed E-state index contributed by atoms with van der Waals surface area (Å²) in [5, 5.41) is 30.3. The van der Waals surface area contributed by atoms with Crippen LogP contribution in [-0.2, 0) is 0 Å². The van der Waals surface area contributed by atoms with Crippen LogP contribution in [0.15, 0.2) is 6.07 Å². The smallest absolute Gasteiger partial charge is 0.154 e. The van der Waals surface area contributed by atoms with Gasteiger partial charge in [0.05, 0.1) is 17.2 Å². The molecule has 0 saturated heterocycles. The molecule has 1 aromatic rings. The lowest BCUT2D eigenvalue weighted by molar-refractivity contribution is 0.111. The number of aromatic hydroxyl groups is 2. The topological polar surface area (TPSA) is 77.8 Å². The van der Waals surface area contributed by atoms with E-state index in [1.54, 1.807) is 6.92 Å². The third kappa shape index (κ3) is 6.16. The lowest BCUT2D eigenvalue weighted by Crippen LogP contribution is -2.02. The Morgan fingerprint density at radius 3 is 2.08 bits per heavy atom. The Bertz CT molecular complexity index is 511. The molecule has 1 aromatic carbocycles. The van der Waals surface area contributed by atoms with Crippen molar-refractivity contribution in [3.63, 3.8) is 0 Å². The fourth-order valence-corrected chi connectivity index (χ4v) is 3.08. The predicted molar refractivity (Wildman–Crippen MR) is 96.7 cm³/mol. The number of phenols is 2. The van der Waals surface area contributed by atoms with Gasteiger partial charge >= 0.3 is 0 Å². The third-order valence-electron chi connectivity index (χ3n) is 4.60. The molecule has 24 heavy (non-hydrogen) atoms. The van der Waals surface area contributed by atoms with Crippen LogP contribution in [0.25, 0.3) is 0 Å². The van der Waals surface area contributed by atoms with E-state index in [0.717, 1.165) is 19.3 Å². The van der Waals surface area contributed by atoms with E-state index in [1.165, 1.54) is 44.6 Å². The van der Waals surface area contributed by atoms with Crippen LogP contribution in [0.3, 0.4) is 0 Å². The minimum atomic E-state index is -0.950. The Morgan fingerprint density at radius 2 is 1.54 bits per heavy atom. The zero-order valence-corrected chi connectivity index (χ0v) is 15.1. The van der Waals surface area contributed by atoms with Crippen LogP contribution in [0.5, 0.6) is 11.5 Å². The summed E-state index contributed by atoms with van der Waals surface area (Å²) in [5.74, 6) is -0.454. The number of aliphatic hydroxyl groups excluding tert-OH is 1. The molecule has 0 aromatic heterocycles. The van der Waals surface area contributed by atoms with E-state index in [1.807, 2.05) is 0 Å². The van der Waals surface area contributed by atoms with Gasteiger partial charge < -0.3 is 15.3 Å². The maximum Gasteiger partial charge on any atom is 0.154 e. The van der Waals surface area contributed by atoms with Gasteiger partial charge in [0.25, 0.3) is 0 Å². The van der Waals surface area contributed by atoms with Crippen molar-refractivity contribution in [3.05, 3.63) is 22.8 Å². The summed E-state index contributed by atoms with van der Waals surface area (Å²) in [6.07, 6.45) is 10.8. The highest BCUT2D eigenvalue weighted by Crippen LogP contribution is 2.38. The van der Waals surface area contributed by atoms with E-state index in [-0.39, 0.29) is 22.6 Å². The first kappa shape index (κ1) is 20.5. The fraction of sp³-hybridized carbons (Fsp3) is 0.650. The first-order valence-corrected chi connectivity index (χ1v) is 9.21. The zero-order valence-electron chi connectivity index (χ0n) is 15.1. The summed E-state index contributed by atoms with van der Waals surface area (Å²) in [4.78, 5) is 11.0. The highest BCUT2D eigenvalue weighted by molar-refractivity contribution is 5.83. The number of aliphatic hydroxyl groups is 1. The van der Waals surface area contributed by atoms with Crippen LogP contribution in [-0.4, -0.2) is 21.6 Å². The Morgan fingerprint density at radius 1 is 1.00 bits per heavy atom. The number of hydrogen-bond donors (Lipinski definition) is 3. The predicted octanol–water partition coefficient (Wildman–Crippen LogP) is 5.17. The van der Waals surface area contributed by atoms with Crippen molar-refractivity contribution in [2.24, 2.45) is 0 Å². The molecule has 4 heteroatoms. The van der Waals surface area contributed by atoms with Gasteiger partial charge in [-0.05, 0) is 25.0 Å². The molecule has 136 valence electrons. The lowest BCUT2D eigenvalue weighted by atomic mass is 9.96. The number of carbonyl (C=O) groups is 1. The molecule has 0 radical (unpaired) electrons. The van der Waals surface area contributed by atoms with Crippen LogP contribution in [0.4, 0.5) is 0 Å². The summed E-state index contributed by atoms with van der Waals surface area (Å²) >= 11 is 0. The standard InChI is InChI=1S/C20H32O4/c1-3-4-5-6-7-8-9-10-11-12-17(22)19-18(23)13-15(2)16(14-21)20(19)24/h13-14,17,22-24H,3-12H2,1-2H3. The SMILES string of the molecule is CCCCCCCCCCCC(O)c1c(O)cc(C)c(C=O)c1O. The average Bonchev–Trinajstić information content (AvgIpc) is 2.53. The van der Waals surface area contributed by atoms with Crippen molar-refractivity contribution in [1.82, 2.24) is 0 Å². The summed E-state index contributed by atoms with van der Waals surface area (Å²) in [5.41, 5.74) is 0.704. The van der Waals surface area contributed by atoms with Crippen LogP contribution in [0, 0.1) is 6.92 Å². The maximum absolute atomic E-state index is 11.0. The maximum atomic E-state index is 11.0. The summed E-state index contributed by atoms with van der Waals surface area (Å²) in [7, 11) is 0. The molecule has 0 saturated carbocycles. The van der Waals surface area contributed by atoms with Gasteiger partial charge in [-0.15, -0.1) is 0 Å². The van der Waals surface area contributed by atoms with Gasteiger partial charge in [0, 0.05) is 0 Å². The molecular formula is C20H32O4. The van der Waals surface area contributed by atoms with Gasteiger partial charge in [-0.25, -0.2) is 0 Å². The Labute approximate surface area is 145 Å². The summed E-state index contributed by atoms with van der Waals surface area (Å²) in [6.45, 7) is 3.85. The lowest BCUT2D eigenvalue weighted by Gasteiger charge is -2.16. The number of phenolic OH excluding ortho intramolecular Hbond substituents is 2. The second-order valence-corrected chi connectivity index (χ2v) is 6.64. The van der Waals surface area contributed by atoms with Crippen LogP contribution in [0.1, 0.15) is 98.7 Å². The number of aldehydes is 1. The van der Waals surface area contributed by atoms with Crippen LogP contribution < -0.4 is 0 Å². The largest absolute Gasteiger partial charge is 0.507 e. The molecule has 0 aliphatic rings. The molecule has 0 aliphatic carbocycles. The van der Waals surface area contributed by atoms with Gasteiger partial charge in [-0.3, -0.25) is 4.79 Å². The van der Waals surface area contributed by atoms with Gasteiger partial charge in [0.1, 0.15) is 11.5 Å². The van der Waals surface area contributed by atoms with E-state index < -0.39 is 6.10 Å². The van der Waals surface area contributed by atoms with Crippen molar-refractivity contribution in [3.8, 4) is 11.5 Å². The molecule has 3 N–H and O–H groups in total.